The van der Waals surface area contributed by atoms with Crippen molar-refractivity contribution in [1.82, 2.24) is 15.1 Å². The third kappa shape index (κ3) is 5.84. The molecule has 0 aliphatic carbocycles. The number of hydrogen-bond donors (Lipinski definition) is 1. The lowest BCUT2D eigenvalue weighted by molar-refractivity contribution is -0.151. The minimum atomic E-state index is -0.651. The van der Waals surface area contributed by atoms with E-state index < -0.39 is 35.4 Å². The minimum Gasteiger partial charge on any atom is -0.493 e. The van der Waals surface area contributed by atoms with E-state index in [-0.39, 0.29) is 38.2 Å². The van der Waals surface area contributed by atoms with Gasteiger partial charge in [-0.3, -0.25) is 24.7 Å². The summed E-state index contributed by atoms with van der Waals surface area (Å²) < 4.78 is 42.4. The van der Waals surface area contributed by atoms with E-state index in [4.69, 9.17) is 33.2 Å². The Labute approximate surface area is 318 Å². The summed E-state index contributed by atoms with van der Waals surface area (Å²) in [5.41, 5.74) is 6.11. The van der Waals surface area contributed by atoms with Gasteiger partial charge < -0.3 is 33.2 Å². The zero-order valence-electron chi connectivity index (χ0n) is 31.2. The number of fused-ring (bicyclic) bond motifs is 10. The van der Waals surface area contributed by atoms with Crippen molar-refractivity contribution < 1.29 is 42.7 Å². The van der Waals surface area contributed by atoms with Gasteiger partial charge in [0, 0.05) is 60.7 Å². The van der Waals surface area contributed by atoms with E-state index in [9.17, 15) is 14.9 Å². The van der Waals surface area contributed by atoms with Crippen molar-refractivity contribution in [3.05, 3.63) is 75.3 Å². The number of thioether (sulfide) groups is 1. The molecule has 3 aromatic carbocycles. The van der Waals surface area contributed by atoms with Crippen LogP contribution in [0, 0.1) is 25.2 Å². The number of nitrogens with zero attached hydrogens (tertiary/aromatic N) is 3. The lowest BCUT2D eigenvalue weighted by Gasteiger charge is -2.61. The van der Waals surface area contributed by atoms with Crippen molar-refractivity contribution in [2.24, 2.45) is 0 Å². The lowest BCUT2D eigenvalue weighted by Crippen LogP contribution is -2.69. The van der Waals surface area contributed by atoms with Gasteiger partial charge >= 0.3 is 11.9 Å². The molecule has 0 saturated carbocycles. The molecule has 3 aromatic rings. The first-order valence-electron chi connectivity index (χ1n) is 18.1. The van der Waals surface area contributed by atoms with E-state index in [1.807, 2.05) is 44.2 Å². The third-order valence-corrected chi connectivity index (χ3v) is 12.8. The second-order valence-corrected chi connectivity index (χ2v) is 15.5. The molecule has 6 aliphatic rings. The molecule has 1 unspecified atom stereocenters. The van der Waals surface area contributed by atoms with Crippen LogP contribution >= 0.6 is 11.8 Å². The standard InChI is InChI=1S/C40H44N4O9S/c1-20-12-24-13-26-27(14-41)44-28-16-49-40(46)25(42-15-23-10-8-7-9-11-23)17-54-39(31-30(28)38-36(51-19-52-38)21(2)35(31)53-22(3)45)33(44)32(43(26)4)29(24)37(34(20)48-6)50-18-47-5/h7-12,25-28,32-33,39,42H,13,15-19H2,1-6H3/t25-,26-,27-,28+,32+,33?,39+/m0/s1. The molecule has 13 nitrogen and oxygen atoms in total. The number of nitrogens with one attached hydrogen (secondary N) is 1. The first kappa shape index (κ1) is 36.5. The molecule has 0 amide bonds. The summed E-state index contributed by atoms with van der Waals surface area (Å²) in [5, 5.41) is 14.1. The van der Waals surface area contributed by atoms with Crippen LogP contribution in [0.3, 0.4) is 0 Å². The summed E-state index contributed by atoms with van der Waals surface area (Å²) in [6, 6.07) is 11.9. The Kier molecular flexibility index (Phi) is 9.87. The predicted molar refractivity (Wildman–Crippen MR) is 198 cm³/mol. The van der Waals surface area contributed by atoms with Crippen LogP contribution in [0.25, 0.3) is 0 Å². The summed E-state index contributed by atoms with van der Waals surface area (Å²) in [6.07, 6.45) is 0.574. The number of ether oxygens (including phenoxy) is 7. The van der Waals surface area contributed by atoms with E-state index in [1.165, 1.54) is 6.92 Å². The van der Waals surface area contributed by atoms with E-state index in [0.29, 0.717) is 58.6 Å². The first-order valence-corrected chi connectivity index (χ1v) is 19.1. The maximum atomic E-state index is 14.0. The Balaban J connectivity index is 1.36. The molecule has 2 fully saturated rings. The van der Waals surface area contributed by atoms with Crippen molar-refractivity contribution in [3.8, 4) is 34.8 Å². The molecule has 0 radical (unpaired) electrons. The maximum Gasteiger partial charge on any atom is 0.324 e. The van der Waals surface area contributed by atoms with Gasteiger partial charge in [-0.2, -0.15) is 5.26 Å². The van der Waals surface area contributed by atoms with E-state index in [1.54, 1.807) is 26.0 Å². The Morgan fingerprint density at radius 1 is 1.06 bits per heavy atom. The van der Waals surface area contributed by atoms with Crippen molar-refractivity contribution in [2.45, 2.75) is 75.2 Å². The summed E-state index contributed by atoms with van der Waals surface area (Å²) in [4.78, 5) is 31.4. The molecule has 0 aromatic heterocycles. The SMILES string of the molecule is COCOc1c(OC)c(C)cc2c1[C@@H]1C3[C@@H]4SC[C@H](NCc5ccccc5)C(=O)OC[C@H](c5c6c(c(C)c(OC(C)=O)c54)OCO6)N3[C@@H](C#N)[C@H](C2)N1C. The van der Waals surface area contributed by atoms with Crippen molar-refractivity contribution in [2.75, 3.05) is 47.2 Å². The molecule has 284 valence electrons. The summed E-state index contributed by atoms with van der Waals surface area (Å²) in [7, 11) is 5.28. The molecule has 9 rings (SSSR count). The molecule has 6 aliphatic heterocycles. The van der Waals surface area contributed by atoms with Gasteiger partial charge in [0.05, 0.1) is 30.5 Å². The molecular formula is C40H44N4O9S. The number of aryl methyl sites for hydroxylation is 1. The van der Waals surface area contributed by atoms with E-state index >= 15 is 0 Å². The van der Waals surface area contributed by atoms with Gasteiger partial charge in [0.25, 0.3) is 0 Å². The van der Waals surface area contributed by atoms with Crippen LogP contribution in [0.15, 0.2) is 36.4 Å². The molecule has 6 heterocycles. The minimum absolute atomic E-state index is 0.00887. The van der Waals surface area contributed by atoms with Crippen LogP contribution < -0.4 is 29.0 Å². The third-order valence-electron chi connectivity index (χ3n) is 11.4. The van der Waals surface area contributed by atoms with Crippen LogP contribution in [0.1, 0.15) is 63.2 Å². The number of piperazine rings is 1. The fraction of sp³-hybridized carbons (Fsp3) is 0.475. The number of hydrogen-bond acceptors (Lipinski definition) is 14. The van der Waals surface area contributed by atoms with Gasteiger partial charge in [-0.25, -0.2) is 0 Å². The zero-order chi connectivity index (χ0) is 37.8. The Hall–Kier alpha value is -4.52. The smallest absolute Gasteiger partial charge is 0.324 e. The predicted octanol–water partition coefficient (Wildman–Crippen LogP) is 4.67. The van der Waals surface area contributed by atoms with Gasteiger partial charge in [0.15, 0.2) is 29.8 Å². The number of esters is 2. The summed E-state index contributed by atoms with van der Waals surface area (Å²) in [5.74, 6) is 2.07. The first-order chi connectivity index (χ1) is 26.2. The number of likely N-dealkylation sites (N-methyl/N-ethyl adjacent to an activating group) is 1. The lowest BCUT2D eigenvalue weighted by atomic mass is 9.71. The second-order valence-electron chi connectivity index (χ2n) is 14.3. The Bertz CT molecular complexity index is 2020. The highest BCUT2D eigenvalue weighted by Gasteiger charge is 2.61. The zero-order valence-corrected chi connectivity index (χ0v) is 32.0. The monoisotopic (exact) mass is 756 g/mol. The van der Waals surface area contributed by atoms with Gasteiger partial charge in [-0.15, -0.1) is 11.8 Å². The van der Waals surface area contributed by atoms with Crippen LogP contribution in [-0.2, 0) is 32.0 Å². The summed E-state index contributed by atoms with van der Waals surface area (Å²) >= 11 is 1.57. The van der Waals surface area contributed by atoms with Gasteiger partial charge in [-0.05, 0) is 44.0 Å². The summed E-state index contributed by atoms with van der Waals surface area (Å²) in [6.45, 7) is 5.63. The topological polar surface area (TPSA) is 141 Å². The van der Waals surface area contributed by atoms with E-state index in [0.717, 1.165) is 27.8 Å². The molecule has 54 heavy (non-hydrogen) atoms. The van der Waals surface area contributed by atoms with Crippen molar-refractivity contribution in [1.29, 1.82) is 5.26 Å². The molecule has 4 bridgehead atoms. The quantitative estimate of drug-likeness (QED) is 0.193. The molecule has 7 atom stereocenters. The highest BCUT2D eigenvalue weighted by atomic mass is 32.2. The normalized spacial score (nSPS) is 26.8. The number of methoxy groups -OCH3 is 2. The largest absolute Gasteiger partial charge is 0.493 e. The number of carbonyl (C=O) groups excluding carboxylic acids is 2. The second kappa shape index (κ2) is 14.6. The molecule has 0 spiro atoms. The number of benzene rings is 3. The number of carbonyl (C=O) groups is 2. The average Bonchev–Trinajstić information content (AvgIpc) is 3.65. The maximum absolute atomic E-state index is 14.0. The van der Waals surface area contributed by atoms with Crippen LogP contribution in [0.2, 0.25) is 0 Å². The number of nitriles is 1. The van der Waals surface area contributed by atoms with Crippen LogP contribution in [-0.4, -0.2) is 93.1 Å². The highest BCUT2D eigenvalue weighted by Crippen LogP contribution is 2.64. The average molecular weight is 757 g/mol. The Morgan fingerprint density at radius 3 is 2.56 bits per heavy atom. The van der Waals surface area contributed by atoms with Gasteiger partial charge in [0.2, 0.25) is 6.79 Å². The van der Waals surface area contributed by atoms with E-state index in [2.05, 4.69) is 34.3 Å². The van der Waals surface area contributed by atoms with Crippen LogP contribution in [0.5, 0.6) is 28.7 Å². The van der Waals surface area contributed by atoms with Crippen LogP contribution in [0.4, 0.5) is 0 Å². The molecule has 1 N–H and O–H groups in total. The van der Waals surface area contributed by atoms with Gasteiger partial charge in [-0.1, -0.05) is 36.4 Å². The fourth-order valence-corrected chi connectivity index (χ4v) is 10.7. The highest BCUT2D eigenvalue weighted by molar-refractivity contribution is 7.99. The van der Waals surface area contributed by atoms with Gasteiger partial charge in [0.1, 0.15) is 24.4 Å². The molecule has 2 saturated heterocycles. The fourth-order valence-electron chi connectivity index (χ4n) is 9.18. The molecular weight excluding hydrogens is 713 g/mol. The number of rotatable bonds is 8. The Morgan fingerprint density at radius 2 is 1.83 bits per heavy atom. The molecule has 14 heteroatoms. The van der Waals surface area contributed by atoms with Crippen molar-refractivity contribution >= 4 is 23.7 Å². The van der Waals surface area contributed by atoms with Crippen molar-refractivity contribution in [3.63, 3.8) is 0 Å².